The molecular formula is C23H16N4O4S. The first-order valence-corrected chi connectivity index (χ1v) is 10.9. The zero-order chi connectivity index (χ0) is 21.9. The van der Waals surface area contributed by atoms with Crippen LogP contribution in [0.3, 0.4) is 0 Å². The number of oxime groups is 1. The molecular weight excluding hydrogens is 428 g/mol. The Balaban J connectivity index is 1.58. The van der Waals surface area contributed by atoms with E-state index in [-0.39, 0.29) is 16.8 Å². The molecule has 1 spiro atoms. The fourth-order valence-electron chi connectivity index (χ4n) is 4.57. The summed E-state index contributed by atoms with van der Waals surface area (Å²) in [6.45, 7) is 0. The van der Waals surface area contributed by atoms with E-state index in [0.29, 0.717) is 17.2 Å². The lowest BCUT2D eigenvalue weighted by Crippen LogP contribution is -2.47. The van der Waals surface area contributed by atoms with Crippen LogP contribution in [0.5, 0.6) is 0 Å². The maximum atomic E-state index is 13.6. The molecule has 0 bridgehead atoms. The lowest BCUT2D eigenvalue weighted by Gasteiger charge is -2.33. The van der Waals surface area contributed by atoms with E-state index < -0.39 is 15.9 Å². The summed E-state index contributed by atoms with van der Waals surface area (Å²) in [5, 5.41) is 18.9. The van der Waals surface area contributed by atoms with Crippen LogP contribution >= 0.6 is 11.8 Å². The number of thioether (sulfide) groups is 1. The molecule has 32 heavy (non-hydrogen) atoms. The average molecular weight is 444 g/mol. The van der Waals surface area contributed by atoms with Gasteiger partial charge in [-0.15, -0.1) is 11.8 Å². The Morgan fingerprint density at radius 3 is 2.56 bits per heavy atom. The van der Waals surface area contributed by atoms with Gasteiger partial charge in [0.1, 0.15) is 10.9 Å². The van der Waals surface area contributed by atoms with E-state index in [1.165, 1.54) is 17.8 Å². The largest absolute Gasteiger partial charge is 0.384 e. The van der Waals surface area contributed by atoms with Crippen LogP contribution in [0.2, 0.25) is 0 Å². The minimum absolute atomic E-state index is 0.101. The summed E-state index contributed by atoms with van der Waals surface area (Å²) >= 11 is 1.40. The highest BCUT2D eigenvalue weighted by molar-refractivity contribution is 8.03. The summed E-state index contributed by atoms with van der Waals surface area (Å²) in [4.78, 5) is 31.3. The van der Waals surface area contributed by atoms with E-state index in [2.05, 4.69) is 10.5 Å². The summed E-state index contributed by atoms with van der Waals surface area (Å²) in [6, 6.07) is 23.5. The summed E-state index contributed by atoms with van der Waals surface area (Å²) in [5.74, 6) is 0.232. The minimum Gasteiger partial charge on any atom is -0.384 e. The molecule has 6 rings (SSSR count). The molecule has 8 nitrogen and oxygen atoms in total. The van der Waals surface area contributed by atoms with Crippen LogP contribution in [0, 0.1) is 10.1 Å². The number of rotatable bonds is 3. The number of nitrogens with one attached hydrogen (secondary N) is 1. The van der Waals surface area contributed by atoms with Crippen LogP contribution in [-0.2, 0) is 14.5 Å². The molecule has 3 unspecified atom stereocenters. The Kier molecular flexibility index (Phi) is 4.03. The van der Waals surface area contributed by atoms with Crippen molar-refractivity contribution in [1.82, 2.24) is 0 Å². The Hall–Kier alpha value is -3.85. The Bertz CT molecular complexity index is 1300. The van der Waals surface area contributed by atoms with Gasteiger partial charge >= 0.3 is 0 Å². The molecule has 1 amide bonds. The minimum atomic E-state index is -1.23. The quantitative estimate of drug-likeness (QED) is 0.475. The molecule has 1 fully saturated rings. The second-order valence-corrected chi connectivity index (χ2v) is 8.98. The Labute approximate surface area is 187 Å². The van der Waals surface area contributed by atoms with E-state index >= 15 is 0 Å². The number of carbonyl (C=O) groups is 1. The lowest BCUT2D eigenvalue weighted by atomic mass is 10.0. The first-order chi connectivity index (χ1) is 15.6. The molecule has 1 saturated heterocycles. The highest BCUT2D eigenvalue weighted by Crippen LogP contribution is 2.61. The molecule has 0 saturated carbocycles. The molecule has 158 valence electrons. The van der Waals surface area contributed by atoms with Gasteiger partial charge in [-0.25, -0.2) is 0 Å². The van der Waals surface area contributed by atoms with Gasteiger partial charge in [-0.3, -0.25) is 19.8 Å². The van der Waals surface area contributed by atoms with Crippen molar-refractivity contribution in [2.45, 2.75) is 16.2 Å². The van der Waals surface area contributed by atoms with E-state index in [0.717, 1.165) is 11.1 Å². The number of hydrogen-bond donors (Lipinski definition) is 1. The average Bonchev–Trinajstić information content (AvgIpc) is 3.45. The highest BCUT2D eigenvalue weighted by Gasteiger charge is 2.65. The van der Waals surface area contributed by atoms with Crippen LogP contribution in [-0.4, -0.2) is 21.9 Å². The van der Waals surface area contributed by atoms with Gasteiger partial charge in [0.2, 0.25) is 4.87 Å². The number of amides is 1. The number of nitrogens with zero attached hydrogens (tertiary/aromatic N) is 3. The van der Waals surface area contributed by atoms with Gasteiger partial charge in [-0.05, 0) is 17.7 Å². The fourth-order valence-corrected chi connectivity index (χ4v) is 6.28. The smallest absolute Gasteiger partial charge is 0.292 e. The van der Waals surface area contributed by atoms with Crippen LogP contribution < -0.4 is 10.2 Å². The number of para-hydroxylation sites is 3. The van der Waals surface area contributed by atoms with Crippen molar-refractivity contribution in [2.24, 2.45) is 5.16 Å². The third-order valence-corrected chi connectivity index (χ3v) is 7.57. The molecule has 3 atom stereocenters. The molecule has 3 aromatic carbocycles. The summed E-state index contributed by atoms with van der Waals surface area (Å²) in [7, 11) is 0. The number of fused-ring (bicyclic) bond motifs is 3. The number of nitro groups is 1. The van der Waals surface area contributed by atoms with Gasteiger partial charge in [0.25, 0.3) is 11.6 Å². The van der Waals surface area contributed by atoms with E-state index in [9.17, 15) is 14.9 Å². The van der Waals surface area contributed by atoms with Crippen molar-refractivity contribution in [3.8, 4) is 0 Å². The molecule has 0 aliphatic carbocycles. The molecule has 3 aliphatic heterocycles. The molecule has 3 aromatic rings. The van der Waals surface area contributed by atoms with Crippen LogP contribution in [0.15, 0.2) is 84.0 Å². The van der Waals surface area contributed by atoms with Crippen molar-refractivity contribution in [2.75, 3.05) is 10.2 Å². The van der Waals surface area contributed by atoms with Crippen molar-refractivity contribution in [3.05, 3.63) is 100 Å². The Morgan fingerprint density at radius 2 is 1.75 bits per heavy atom. The Morgan fingerprint density at radius 1 is 1.03 bits per heavy atom. The number of hydrogen-bond acceptors (Lipinski definition) is 7. The van der Waals surface area contributed by atoms with Crippen LogP contribution in [0.4, 0.5) is 17.1 Å². The zero-order valence-corrected chi connectivity index (χ0v) is 17.4. The maximum Gasteiger partial charge on any atom is 0.292 e. The summed E-state index contributed by atoms with van der Waals surface area (Å²) in [6.07, 6.45) is -0.415. The number of amidine groups is 1. The van der Waals surface area contributed by atoms with Gasteiger partial charge < -0.3 is 10.2 Å². The second-order valence-electron chi connectivity index (χ2n) is 7.65. The number of nitro benzene ring substituents is 1. The number of carbonyl (C=O) groups excluding carboxylic acids is 1. The van der Waals surface area contributed by atoms with Gasteiger partial charge in [-0.2, -0.15) is 0 Å². The molecule has 9 heteroatoms. The molecule has 3 heterocycles. The second kappa shape index (κ2) is 6.83. The van der Waals surface area contributed by atoms with E-state index in [1.807, 2.05) is 54.6 Å². The number of anilines is 2. The van der Waals surface area contributed by atoms with Crippen molar-refractivity contribution in [3.63, 3.8) is 0 Å². The van der Waals surface area contributed by atoms with Crippen molar-refractivity contribution < 1.29 is 14.6 Å². The number of benzene rings is 3. The molecule has 3 aliphatic rings. The summed E-state index contributed by atoms with van der Waals surface area (Å²) in [5.41, 5.74) is 2.56. The van der Waals surface area contributed by atoms with Crippen LogP contribution in [0.25, 0.3) is 0 Å². The normalized spacial score (nSPS) is 25.2. The molecule has 0 radical (unpaired) electrons. The third kappa shape index (κ3) is 2.45. The van der Waals surface area contributed by atoms with Gasteiger partial charge in [0.15, 0.2) is 11.9 Å². The fraction of sp³-hybridized carbons (Fsp3) is 0.130. The lowest BCUT2D eigenvalue weighted by molar-refractivity contribution is -0.384. The first kappa shape index (κ1) is 18.9. The predicted molar refractivity (Wildman–Crippen MR) is 121 cm³/mol. The maximum absolute atomic E-state index is 13.6. The standard InChI is InChI=1S/C23H16N4O4S/c28-22-23(15-10-4-5-11-16(15)24-22)26(17-12-6-7-13-18(17)27(29)30)21-20(32-23)19(31-25-21)14-8-2-1-3-9-14/h1-13,19-20H,(H,24,28). The first-order valence-electron chi connectivity index (χ1n) is 10.0. The van der Waals surface area contributed by atoms with Crippen molar-refractivity contribution in [1.29, 1.82) is 0 Å². The predicted octanol–water partition coefficient (Wildman–Crippen LogP) is 4.41. The van der Waals surface area contributed by atoms with Gasteiger partial charge in [-0.1, -0.05) is 65.8 Å². The van der Waals surface area contributed by atoms with Gasteiger partial charge in [0, 0.05) is 17.3 Å². The summed E-state index contributed by atoms with van der Waals surface area (Å²) < 4.78 is 0. The van der Waals surface area contributed by atoms with Gasteiger partial charge in [0.05, 0.1) is 4.92 Å². The zero-order valence-electron chi connectivity index (χ0n) is 16.5. The SMILES string of the molecule is O=C1Nc2ccccc2C12SC1C(=NOC1c1ccccc1)N2c1ccccc1[N+](=O)[O-]. The molecule has 1 N–H and O–H groups in total. The topological polar surface area (TPSA) is 97.1 Å². The monoisotopic (exact) mass is 444 g/mol. The van der Waals surface area contributed by atoms with Crippen molar-refractivity contribution >= 4 is 40.6 Å². The van der Waals surface area contributed by atoms with E-state index in [4.69, 9.17) is 4.84 Å². The van der Waals surface area contributed by atoms with Crippen LogP contribution in [0.1, 0.15) is 17.2 Å². The highest BCUT2D eigenvalue weighted by atomic mass is 32.2. The molecule has 0 aromatic heterocycles. The van der Waals surface area contributed by atoms with E-state index in [1.54, 1.807) is 23.1 Å². The third-order valence-electron chi connectivity index (χ3n) is 5.93.